The van der Waals surface area contributed by atoms with E-state index >= 15 is 0 Å². The Balaban J connectivity index is 1.76. The maximum Gasteiger partial charge on any atom is 0.416 e. The van der Waals surface area contributed by atoms with Crippen molar-refractivity contribution in [1.82, 2.24) is 19.3 Å². The third kappa shape index (κ3) is 3.94. The van der Waals surface area contributed by atoms with Crippen LogP contribution in [-0.2, 0) is 19.3 Å². The number of ether oxygens (including phenoxy) is 1. The Morgan fingerprint density at radius 3 is 2.65 bits per heavy atom. The minimum absolute atomic E-state index is 0.403. The molecule has 0 spiro atoms. The molecule has 26 heavy (non-hydrogen) atoms. The second kappa shape index (κ2) is 7.55. The number of hydrogen-bond donors (Lipinski definition) is 1. The summed E-state index contributed by atoms with van der Waals surface area (Å²) >= 11 is 1.37. The SMILES string of the molecule is CCn1c(CNSc2ccc(OC)nc2)nc2ccc(C(F)(F)F)cc21. The second-order valence-corrected chi connectivity index (χ2v) is 6.40. The van der Waals surface area contributed by atoms with Crippen LogP contribution in [0.1, 0.15) is 18.3 Å². The first-order valence-corrected chi connectivity index (χ1v) is 8.70. The summed E-state index contributed by atoms with van der Waals surface area (Å²) in [5.74, 6) is 1.21. The van der Waals surface area contributed by atoms with Crippen molar-refractivity contribution in [2.75, 3.05) is 7.11 Å². The lowest BCUT2D eigenvalue weighted by Gasteiger charge is -2.09. The quantitative estimate of drug-likeness (QED) is 0.645. The van der Waals surface area contributed by atoms with Crippen LogP contribution in [0.2, 0.25) is 0 Å². The average molecular weight is 382 g/mol. The highest BCUT2D eigenvalue weighted by molar-refractivity contribution is 7.97. The number of methoxy groups -OCH3 is 1. The molecular formula is C17H17F3N4OS. The first kappa shape index (κ1) is 18.5. The zero-order valence-corrected chi connectivity index (χ0v) is 15.0. The fourth-order valence-electron chi connectivity index (χ4n) is 2.57. The van der Waals surface area contributed by atoms with Crippen molar-refractivity contribution in [3.63, 3.8) is 0 Å². The molecule has 0 amide bonds. The van der Waals surface area contributed by atoms with Gasteiger partial charge in [-0.1, -0.05) is 0 Å². The van der Waals surface area contributed by atoms with Crippen LogP contribution in [-0.4, -0.2) is 21.6 Å². The van der Waals surface area contributed by atoms with Crippen molar-refractivity contribution >= 4 is 23.0 Å². The van der Waals surface area contributed by atoms with Crippen molar-refractivity contribution < 1.29 is 17.9 Å². The van der Waals surface area contributed by atoms with Gasteiger partial charge in [-0.15, -0.1) is 0 Å². The summed E-state index contributed by atoms with van der Waals surface area (Å²) in [6.07, 6.45) is -2.69. The molecule has 1 aromatic carbocycles. The normalized spacial score (nSPS) is 11.9. The van der Waals surface area contributed by atoms with E-state index in [1.54, 1.807) is 23.9 Å². The third-order valence-corrected chi connectivity index (χ3v) is 4.58. The zero-order valence-electron chi connectivity index (χ0n) is 14.2. The van der Waals surface area contributed by atoms with Crippen LogP contribution in [0.4, 0.5) is 13.2 Å². The molecule has 0 fully saturated rings. The summed E-state index contributed by atoms with van der Waals surface area (Å²) in [7, 11) is 1.55. The van der Waals surface area contributed by atoms with Crippen LogP contribution < -0.4 is 9.46 Å². The van der Waals surface area contributed by atoms with E-state index < -0.39 is 11.7 Å². The second-order valence-electron chi connectivity index (χ2n) is 5.43. The lowest BCUT2D eigenvalue weighted by Crippen LogP contribution is -2.10. The van der Waals surface area contributed by atoms with E-state index in [1.807, 2.05) is 13.0 Å². The van der Waals surface area contributed by atoms with Gasteiger partial charge in [-0.2, -0.15) is 13.2 Å². The zero-order chi connectivity index (χ0) is 18.7. The number of pyridine rings is 1. The Bertz CT molecular complexity index is 893. The summed E-state index contributed by atoms with van der Waals surface area (Å²) < 4.78 is 48.8. The molecule has 3 rings (SSSR count). The van der Waals surface area contributed by atoms with Crippen LogP contribution in [0.5, 0.6) is 5.88 Å². The summed E-state index contributed by atoms with van der Waals surface area (Å²) in [5.41, 5.74) is 0.362. The molecule has 0 atom stereocenters. The lowest BCUT2D eigenvalue weighted by atomic mass is 10.2. The van der Waals surface area contributed by atoms with Gasteiger partial charge < -0.3 is 9.30 Å². The van der Waals surface area contributed by atoms with Crippen molar-refractivity contribution in [2.45, 2.75) is 31.1 Å². The molecule has 2 heterocycles. The standard InChI is InChI=1S/C17H17F3N4OS/c1-3-24-14-8-11(17(18,19)20)4-6-13(14)23-15(24)10-22-26-12-5-7-16(25-2)21-9-12/h4-9,22H,3,10H2,1-2H3. The first-order chi connectivity index (χ1) is 12.4. The van der Waals surface area contributed by atoms with Gasteiger partial charge >= 0.3 is 6.18 Å². The first-order valence-electron chi connectivity index (χ1n) is 7.88. The van der Waals surface area contributed by atoms with Crippen molar-refractivity contribution in [1.29, 1.82) is 0 Å². The molecule has 0 aliphatic rings. The Morgan fingerprint density at radius 2 is 2.04 bits per heavy atom. The van der Waals surface area contributed by atoms with Gasteiger partial charge in [-0.25, -0.2) is 9.97 Å². The topological polar surface area (TPSA) is 52.0 Å². The van der Waals surface area contributed by atoms with Crippen molar-refractivity contribution in [2.24, 2.45) is 0 Å². The molecule has 3 aromatic rings. The molecule has 0 bridgehead atoms. The van der Waals surface area contributed by atoms with E-state index in [2.05, 4.69) is 14.7 Å². The molecular weight excluding hydrogens is 365 g/mol. The van der Waals surface area contributed by atoms with Gasteiger partial charge in [0, 0.05) is 23.7 Å². The predicted molar refractivity (Wildman–Crippen MR) is 93.9 cm³/mol. The number of nitrogens with zero attached hydrogens (tertiary/aromatic N) is 3. The maximum absolute atomic E-state index is 12.9. The molecule has 0 aliphatic carbocycles. The molecule has 0 radical (unpaired) electrons. The average Bonchev–Trinajstić information content (AvgIpc) is 2.98. The van der Waals surface area contributed by atoms with Gasteiger partial charge in [-0.3, -0.25) is 4.72 Å². The Kier molecular flexibility index (Phi) is 5.38. The fourth-order valence-corrected chi connectivity index (χ4v) is 3.18. The number of hydrogen-bond acceptors (Lipinski definition) is 5. The number of fused-ring (bicyclic) bond motifs is 1. The molecule has 2 aromatic heterocycles. The smallest absolute Gasteiger partial charge is 0.416 e. The van der Waals surface area contributed by atoms with Gasteiger partial charge in [0.15, 0.2) is 0 Å². The summed E-state index contributed by atoms with van der Waals surface area (Å²) in [6.45, 7) is 2.82. The van der Waals surface area contributed by atoms with Gasteiger partial charge in [0.1, 0.15) is 5.82 Å². The van der Waals surface area contributed by atoms with E-state index in [-0.39, 0.29) is 0 Å². The molecule has 0 aliphatic heterocycles. The number of aryl methyl sites for hydroxylation is 1. The minimum Gasteiger partial charge on any atom is -0.481 e. The third-order valence-electron chi connectivity index (χ3n) is 3.81. The highest BCUT2D eigenvalue weighted by Gasteiger charge is 2.31. The summed E-state index contributed by atoms with van der Waals surface area (Å²) in [6, 6.07) is 7.24. The Labute approximate surface area is 152 Å². The van der Waals surface area contributed by atoms with Crippen molar-refractivity contribution in [3.05, 3.63) is 47.9 Å². The number of alkyl halides is 3. The minimum atomic E-state index is -4.37. The Morgan fingerprint density at radius 1 is 1.23 bits per heavy atom. The van der Waals surface area contributed by atoms with Crippen LogP contribution in [0.3, 0.4) is 0 Å². The summed E-state index contributed by atoms with van der Waals surface area (Å²) in [5, 5.41) is 0. The lowest BCUT2D eigenvalue weighted by molar-refractivity contribution is -0.137. The largest absolute Gasteiger partial charge is 0.481 e. The number of aromatic nitrogens is 3. The molecule has 0 unspecified atom stereocenters. The van der Waals surface area contributed by atoms with E-state index in [4.69, 9.17) is 4.74 Å². The molecule has 1 N–H and O–H groups in total. The number of halogens is 3. The van der Waals surface area contributed by atoms with Gasteiger partial charge in [0.05, 0.1) is 30.3 Å². The van der Waals surface area contributed by atoms with Crippen molar-refractivity contribution in [3.8, 4) is 5.88 Å². The molecule has 0 saturated carbocycles. The van der Waals surface area contributed by atoms with Gasteiger partial charge in [0.25, 0.3) is 0 Å². The fraction of sp³-hybridized carbons (Fsp3) is 0.294. The van der Waals surface area contributed by atoms with Crippen LogP contribution in [0.25, 0.3) is 11.0 Å². The molecule has 9 heteroatoms. The van der Waals surface area contributed by atoms with E-state index in [9.17, 15) is 13.2 Å². The van der Waals surface area contributed by atoms with E-state index in [1.165, 1.54) is 18.0 Å². The van der Waals surface area contributed by atoms with E-state index in [0.29, 0.717) is 35.8 Å². The van der Waals surface area contributed by atoms with Gasteiger partial charge in [-0.05, 0) is 43.1 Å². The highest BCUT2D eigenvalue weighted by atomic mass is 32.2. The molecule has 5 nitrogen and oxygen atoms in total. The van der Waals surface area contributed by atoms with E-state index in [0.717, 1.165) is 17.0 Å². The number of nitrogens with one attached hydrogen (secondary N) is 1. The number of rotatable bonds is 6. The number of imidazole rings is 1. The monoisotopic (exact) mass is 382 g/mol. The Hall–Kier alpha value is -2.26. The van der Waals surface area contributed by atoms with Crippen LogP contribution in [0.15, 0.2) is 41.4 Å². The maximum atomic E-state index is 12.9. The molecule has 0 saturated heterocycles. The van der Waals surface area contributed by atoms with Gasteiger partial charge in [0.2, 0.25) is 5.88 Å². The van der Waals surface area contributed by atoms with Crippen LogP contribution in [0, 0.1) is 0 Å². The highest BCUT2D eigenvalue weighted by Crippen LogP contribution is 2.31. The van der Waals surface area contributed by atoms with Crippen LogP contribution >= 0.6 is 11.9 Å². The molecule has 138 valence electrons. The number of benzene rings is 1. The summed E-state index contributed by atoms with van der Waals surface area (Å²) in [4.78, 5) is 9.46. The predicted octanol–water partition coefficient (Wildman–Crippen LogP) is 4.28.